The summed E-state index contributed by atoms with van der Waals surface area (Å²) < 4.78 is 85.0. The van der Waals surface area contributed by atoms with Crippen LogP contribution in [0, 0.1) is 28.9 Å². The monoisotopic (exact) mass is 455 g/mol. The van der Waals surface area contributed by atoms with E-state index in [4.69, 9.17) is 19.5 Å². The highest BCUT2D eigenvalue weighted by Gasteiger charge is 2.65. The zero-order chi connectivity index (χ0) is 23.8. The Balaban J connectivity index is 2.05. The molecule has 1 heterocycles. The fraction of sp³-hybridized carbons (Fsp3) is 0.364. The van der Waals surface area contributed by atoms with Crippen LogP contribution in [0.25, 0.3) is 0 Å². The standard InChI is InChI=1S/C22H18F5NO4/c1-11-16(14-8-9-15(23)17(24)18(14)30-3)20(32-21(11,2)22(25,26)27)31-19(29)13-6-4-12(10-28)5-7-13/h4-9,11,16,20H,1-3H3/t11-,16-,20+,21+/m0/s1. The third-order valence-corrected chi connectivity index (χ3v) is 5.74. The van der Waals surface area contributed by atoms with Gasteiger partial charge in [-0.2, -0.15) is 22.8 Å². The molecule has 1 fully saturated rings. The van der Waals surface area contributed by atoms with Gasteiger partial charge in [0, 0.05) is 11.5 Å². The zero-order valence-corrected chi connectivity index (χ0v) is 17.2. The van der Waals surface area contributed by atoms with Crippen molar-refractivity contribution in [2.45, 2.75) is 37.8 Å². The van der Waals surface area contributed by atoms with Gasteiger partial charge in [-0.05, 0) is 37.3 Å². The molecule has 0 N–H and O–H groups in total. The summed E-state index contributed by atoms with van der Waals surface area (Å²) in [7, 11) is 1.04. The number of rotatable bonds is 4. The first-order chi connectivity index (χ1) is 14.9. The van der Waals surface area contributed by atoms with Gasteiger partial charge in [0.05, 0.1) is 30.2 Å². The second kappa shape index (κ2) is 8.39. The Hall–Kier alpha value is -3.19. The van der Waals surface area contributed by atoms with E-state index in [9.17, 15) is 26.7 Å². The molecule has 0 spiro atoms. The molecule has 1 saturated heterocycles. The maximum absolute atomic E-state index is 14.3. The van der Waals surface area contributed by atoms with Gasteiger partial charge in [-0.15, -0.1) is 0 Å². The predicted molar refractivity (Wildman–Crippen MR) is 101 cm³/mol. The van der Waals surface area contributed by atoms with Crippen LogP contribution in [0.4, 0.5) is 22.0 Å². The van der Waals surface area contributed by atoms with Crippen molar-refractivity contribution in [3.63, 3.8) is 0 Å². The molecule has 32 heavy (non-hydrogen) atoms. The van der Waals surface area contributed by atoms with Crippen LogP contribution in [-0.2, 0) is 9.47 Å². The first-order valence-electron chi connectivity index (χ1n) is 9.42. The van der Waals surface area contributed by atoms with Crippen LogP contribution in [-0.4, -0.2) is 31.1 Å². The lowest BCUT2D eigenvalue weighted by atomic mass is 9.79. The van der Waals surface area contributed by atoms with E-state index in [-0.39, 0.29) is 16.7 Å². The Bertz CT molecular complexity index is 1060. The summed E-state index contributed by atoms with van der Waals surface area (Å²) >= 11 is 0. The summed E-state index contributed by atoms with van der Waals surface area (Å²) in [6.45, 7) is 2.01. The van der Waals surface area contributed by atoms with Crippen molar-refractivity contribution in [1.82, 2.24) is 0 Å². The number of methoxy groups -OCH3 is 1. The van der Waals surface area contributed by atoms with E-state index in [1.807, 2.05) is 6.07 Å². The zero-order valence-electron chi connectivity index (χ0n) is 17.2. The molecule has 2 aromatic carbocycles. The van der Waals surface area contributed by atoms with E-state index < -0.39 is 53.3 Å². The van der Waals surface area contributed by atoms with Gasteiger partial charge in [-0.3, -0.25) is 0 Å². The molecule has 3 rings (SSSR count). The molecule has 1 aliphatic rings. The van der Waals surface area contributed by atoms with Crippen LogP contribution in [0.3, 0.4) is 0 Å². The van der Waals surface area contributed by atoms with Crippen molar-refractivity contribution in [2.75, 3.05) is 7.11 Å². The van der Waals surface area contributed by atoms with E-state index in [1.54, 1.807) is 0 Å². The molecular formula is C22H18F5NO4. The fourth-order valence-corrected chi connectivity index (χ4v) is 3.71. The smallest absolute Gasteiger partial charge is 0.417 e. The average molecular weight is 455 g/mol. The van der Waals surface area contributed by atoms with Crippen LogP contribution >= 0.6 is 0 Å². The summed E-state index contributed by atoms with van der Waals surface area (Å²) in [5, 5.41) is 8.85. The van der Waals surface area contributed by atoms with E-state index in [2.05, 4.69) is 0 Å². The van der Waals surface area contributed by atoms with Gasteiger partial charge in [0.15, 0.2) is 17.2 Å². The van der Waals surface area contributed by atoms with Crippen molar-refractivity contribution < 1.29 is 41.0 Å². The second-order valence-electron chi connectivity index (χ2n) is 7.48. The van der Waals surface area contributed by atoms with Crippen LogP contribution in [0.15, 0.2) is 36.4 Å². The van der Waals surface area contributed by atoms with E-state index in [0.29, 0.717) is 0 Å². The molecule has 5 nitrogen and oxygen atoms in total. The van der Waals surface area contributed by atoms with Gasteiger partial charge in [0.1, 0.15) is 0 Å². The number of hydrogen-bond donors (Lipinski definition) is 0. The number of nitriles is 1. The average Bonchev–Trinajstić information content (AvgIpc) is 3.00. The third-order valence-electron chi connectivity index (χ3n) is 5.74. The molecule has 1 aliphatic heterocycles. The van der Waals surface area contributed by atoms with Crippen LogP contribution in [0.1, 0.15) is 41.3 Å². The lowest BCUT2D eigenvalue weighted by molar-refractivity contribution is -0.291. The lowest BCUT2D eigenvalue weighted by Crippen LogP contribution is -2.47. The highest BCUT2D eigenvalue weighted by Crippen LogP contribution is 2.55. The maximum Gasteiger partial charge on any atom is 0.417 e. The quantitative estimate of drug-likeness (QED) is 0.474. The second-order valence-corrected chi connectivity index (χ2v) is 7.48. The van der Waals surface area contributed by atoms with Gasteiger partial charge in [0.25, 0.3) is 0 Å². The van der Waals surface area contributed by atoms with Gasteiger partial charge >= 0.3 is 12.1 Å². The number of alkyl halides is 3. The largest absolute Gasteiger partial charge is 0.493 e. The number of esters is 1. The van der Waals surface area contributed by atoms with E-state index >= 15 is 0 Å². The van der Waals surface area contributed by atoms with E-state index in [0.717, 1.165) is 26.2 Å². The third kappa shape index (κ3) is 3.88. The summed E-state index contributed by atoms with van der Waals surface area (Å²) in [6.07, 6.45) is -6.63. The summed E-state index contributed by atoms with van der Waals surface area (Å²) in [4.78, 5) is 12.6. The fourth-order valence-electron chi connectivity index (χ4n) is 3.71. The van der Waals surface area contributed by atoms with Gasteiger partial charge in [0.2, 0.25) is 12.1 Å². The van der Waals surface area contributed by atoms with E-state index in [1.165, 1.54) is 31.2 Å². The molecule has 2 aromatic rings. The van der Waals surface area contributed by atoms with Gasteiger partial charge < -0.3 is 14.2 Å². The molecule has 170 valence electrons. The Kier molecular flexibility index (Phi) is 6.15. The number of nitrogens with zero attached hydrogens (tertiary/aromatic N) is 1. The molecule has 0 saturated carbocycles. The van der Waals surface area contributed by atoms with Crippen LogP contribution < -0.4 is 4.74 Å². The van der Waals surface area contributed by atoms with Crippen molar-refractivity contribution in [2.24, 2.45) is 5.92 Å². The first kappa shape index (κ1) is 23.5. The Morgan fingerprint density at radius 3 is 2.31 bits per heavy atom. The minimum absolute atomic E-state index is 0.0307. The first-order valence-corrected chi connectivity index (χ1v) is 9.42. The lowest BCUT2D eigenvalue weighted by Gasteiger charge is -2.31. The maximum atomic E-state index is 14.3. The van der Waals surface area contributed by atoms with Gasteiger partial charge in [-0.25, -0.2) is 9.18 Å². The summed E-state index contributed by atoms with van der Waals surface area (Å²) in [5.74, 6) is -6.92. The highest BCUT2D eigenvalue weighted by atomic mass is 19.4. The minimum Gasteiger partial charge on any atom is -0.493 e. The van der Waals surface area contributed by atoms with Crippen molar-refractivity contribution >= 4 is 5.97 Å². The molecule has 0 amide bonds. The summed E-state index contributed by atoms with van der Waals surface area (Å²) in [6, 6.07) is 8.92. The normalized spacial score (nSPS) is 25.3. The number of benzene rings is 2. The molecule has 4 atom stereocenters. The van der Waals surface area contributed by atoms with Gasteiger partial charge in [-0.1, -0.05) is 13.0 Å². The molecule has 0 bridgehead atoms. The minimum atomic E-state index is -4.86. The highest BCUT2D eigenvalue weighted by molar-refractivity contribution is 5.89. The molecule has 10 heteroatoms. The Labute approximate surface area is 180 Å². The van der Waals surface area contributed by atoms with Crippen molar-refractivity contribution in [3.05, 3.63) is 64.7 Å². The predicted octanol–water partition coefficient (Wildman–Crippen LogP) is 5.10. The Morgan fingerprint density at radius 2 is 1.78 bits per heavy atom. The van der Waals surface area contributed by atoms with Crippen molar-refractivity contribution in [3.8, 4) is 11.8 Å². The molecule has 0 aromatic heterocycles. The SMILES string of the molecule is COc1c([C@H]2[C@H](OC(=O)c3ccc(C#N)cc3)O[C@@](C)(C(F)(F)F)[C@H]2C)ccc(F)c1F. The molecule has 0 unspecified atom stereocenters. The van der Waals surface area contributed by atoms with Crippen molar-refractivity contribution in [1.29, 1.82) is 5.26 Å². The molecular weight excluding hydrogens is 437 g/mol. The number of carbonyl (C=O) groups is 1. The molecule has 0 radical (unpaired) electrons. The number of carbonyl (C=O) groups excluding carboxylic acids is 1. The Morgan fingerprint density at radius 1 is 1.16 bits per heavy atom. The number of ether oxygens (including phenoxy) is 3. The summed E-state index contributed by atoms with van der Waals surface area (Å²) in [5.41, 5.74) is -2.65. The topological polar surface area (TPSA) is 68.5 Å². The van der Waals surface area contributed by atoms with Crippen LogP contribution in [0.5, 0.6) is 5.75 Å². The molecule has 0 aliphatic carbocycles. The number of halogens is 5. The van der Waals surface area contributed by atoms with Crippen LogP contribution in [0.2, 0.25) is 0 Å². The number of hydrogen-bond acceptors (Lipinski definition) is 5.